The summed E-state index contributed by atoms with van der Waals surface area (Å²) in [5.74, 6) is -5.69. The van der Waals surface area contributed by atoms with Crippen LogP contribution in [0.25, 0.3) is 11.3 Å². The normalized spacial score (nSPS) is 10.6. The monoisotopic (exact) mass is 275 g/mol. The van der Waals surface area contributed by atoms with Gasteiger partial charge in [-0.2, -0.15) is 4.39 Å². The van der Waals surface area contributed by atoms with E-state index >= 15 is 0 Å². The predicted molar refractivity (Wildman–Crippen MR) is 55.5 cm³/mol. The van der Waals surface area contributed by atoms with Crippen molar-refractivity contribution in [2.45, 2.75) is 0 Å². The number of carbonyl (C=O) groups is 1. The molecular weight excluding hydrogens is 272 g/mol. The maximum absolute atomic E-state index is 13.5. The third-order valence-electron chi connectivity index (χ3n) is 2.13. The van der Waals surface area contributed by atoms with Crippen LogP contribution in [0.15, 0.2) is 16.7 Å². The minimum Gasteiger partial charge on any atom is -0.504 e. The first-order valence-corrected chi connectivity index (χ1v) is 4.86. The summed E-state index contributed by atoms with van der Waals surface area (Å²) in [6, 6.07) is 1.81. The van der Waals surface area contributed by atoms with Crippen LogP contribution in [0.2, 0.25) is 5.02 Å². The lowest BCUT2D eigenvalue weighted by molar-refractivity contribution is 0.0686. The number of benzene rings is 1. The van der Waals surface area contributed by atoms with Gasteiger partial charge in [-0.1, -0.05) is 16.8 Å². The summed E-state index contributed by atoms with van der Waals surface area (Å²) in [4.78, 5) is 10.6. The molecule has 1 aromatic carbocycles. The summed E-state index contributed by atoms with van der Waals surface area (Å²) in [6.45, 7) is 0. The number of carboxylic acids is 1. The second-order valence-electron chi connectivity index (χ2n) is 3.26. The maximum Gasteiger partial charge on any atom is 0.358 e. The second kappa shape index (κ2) is 4.26. The van der Waals surface area contributed by atoms with Crippen LogP contribution in [0.3, 0.4) is 0 Å². The Morgan fingerprint density at radius 1 is 1.33 bits per heavy atom. The lowest BCUT2D eigenvalue weighted by Crippen LogP contribution is -1.94. The Morgan fingerprint density at radius 2 is 2.00 bits per heavy atom. The van der Waals surface area contributed by atoms with Gasteiger partial charge >= 0.3 is 5.97 Å². The topological polar surface area (TPSA) is 83.6 Å². The van der Waals surface area contributed by atoms with Crippen molar-refractivity contribution in [3.8, 4) is 17.1 Å². The first-order valence-electron chi connectivity index (χ1n) is 4.48. The molecule has 0 fully saturated rings. The predicted octanol–water partition coefficient (Wildman–Crippen LogP) is 2.68. The van der Waals surface area contributed by atoms with E-state index in [1.165, 1.54) is 0 Å². The summed E-state index contributed by atoms with van der Waals surface area (Å²) in [5, 5.41) is 20.4. The van der Waals surface area contributed by atoms with Crippen molar-refractivity contribution in [1.82, 2.24) is 5.16 Å². The number of phenols is 1. The number of nitrogens with zero attached hydrogens (tertiary/aromatic N) is 1. The van der Waals surface area contributed by atoms with Crippen LogP contribution in [-0.4, -0.2) is 21.3 Å². The molecule has 0 spiro atoms. The lowest BCUT2D eigenvalue weighted by Gasteiger charge is -2.03. The number of hydrogen-bond acceptors (Lipinski definition) is 4. The first-order chi connectivity index (χ1) is 8.41. The lowest BCUT2D eigenvalue weighted by atomic mass is 10.1. The molecule has 0 radical (unpaired) electrons. The van der Waals surface area contributed by atoms with Gasteiger partial charge in [0.15, 0.2) is 23.0 Å². The Bertz CT molecular complexity index is 641. The number of carboxylic acid groups (broad SMARTS) is 1. The van der Waals surface area contributed by atoms with E-state index in [4.69, 9.17) is 21.8 Å². The molecule has 5 nitrogen and oxygen atoms in total. The Morgan fingerprint density at radius 3 is 2.56 bits per heavy atom. The highest BCUT2D eigenvalue weighted by Gasteiger charge is 2.22. The van der Waals surface area contributed by atoms with Gasteiger partial charge in [-0.25, -0.2) is 9.18 Å². The molecule has 0 aliphatic rings. The van der Waals surface area contributed by atoms with Crippen molar-refractivity contribution in [2.75, 3.05) is 0 Å². The third-order valence-corrected chi connectivity index (χ3v) is 2.42. The zero-order chi connectivity index (χ0) is 13.4. The molecule has 2 aromatic rings. The molecule has 2 rings (SSSR count). The van der Waals surface area contributed by atoms with Gasteiger partial charge in [0, 0.05) is 6.07 Å². The smallest absolute Gasteiger partial charge is 0.358 e. The quantitative estimate of drug-likeness (QED) is 0.823. The van der Waals surface area contributed by atoms with E-state index in [9.17, 15) is 13.6 Å². The number of aromatic nitrogens is 1. The Labute approximate surface area is 103 Å². The molecule has 0 unspecified atom stereocenters. The van der Waals surface area contributed by atoms with Gasteiger partial charge in [-0.05, 0) is 6.07 Å². The Hall–Kier alpha value is -2.15. The molecular formula is C10H4ClF2NO4. The minimum absolute atomic E-state index is 0.314. The minimum atomic E-state index is -1.55. The van der Waals surface area contributed by atoms with Crippen LogP contribution in [0.4, 0.5) is 8.78 Å². The van der Waals surface area contributed by atoms with E-state index in [2.05, 4.69) is 9.68 Å². The highest BCUT2D eigenvalue weighted by molar-refractivity contribution is 6.32. The first kappa shape index (κ1) is 12.3. The molecule has 18 heavy (non-hydrogen) atoms. The average molecular weight is 276 g/mol. The van der Waals surface area contributed by atoms with Gasteiger partial charge in [-0.15, -0.1) is 0 Å². The van der Waals surface area contributed by atoms with Gasteiger partial charge in [0.25, 0.3) is 0 Å². The summed E-state index contributed by atoms with van der Waals surface area (Å²) >= 11 is 5.48. The molecule has 0 amide bonds. The van der Waals surface area contributed by atoms with Crippen LogP contribution in [0.5, 0.6) is 5.75 Å². The molecule has 8 heteroatoms. The van der Waals surface area contributed by atoms with E-state index in [0.717, 1.165) is 12.1 Å². The molecule has 94 valence electrons. The maximum atomic E-state index is 13.5. The van der Waals surface area contributed by atoms with Crippen LogP contribution in [0.1, 0.15) is 10.5 Å². The number of halogens is 3. The molecule has 0 bridgehead atoms. The van der Waals surface area contributed by atoms with Gasteiger partial charge in [0.1, 0.15) is 0 Å². The van der Waals surface area contributed by atoms with Crippen LogP contribution in [-0.2, 0) is 0 Å². The molecule has 0 aliphatic heterocycles. The SMILES string of the molecule is O=C(O)c1cc(-c2cc(Cl)c(O)c(F)c2F)on1. The molecule has 2 N–H and O–H groups in total. The number of aromatic hydroxyl groups is 1. The second-order valence-corrected chi connectivity index (χ2v) is 3.67. The summed E-state index contributed by atoms with van der Waals surface area (Å²) < 4.78 is 31.3. The number of rotatable bonds is 2. The van der Waals surface area contributed by atoms with Crippen LogP contribution in [0, 0.1) is 11.6 Å². The van der Waals surface area contributed by atoms with Crippen LogP contribution < -0.4 is 0 Å². The Kier molecular flexibility index (Phi) is 2.92. The van der Waals surface area contributed by atoms with Crippen molar-refractivity contribution in [1.29, 1.82) is 0 Å². The largest absolute Gasteiger partial charge is 0.504 e. The van der Waals surface area contributed by atoms with Crippen molar-refractivity contribution in [3.63, 3.8) is 0 Å². The fraction of sp³-hybridized carbons (Fsp3) is 0. The fourth-order valence-electron chi connectivity index (χ4n) is 1.27. The van der Waals surface area contributed by atoms with E-state index in [1.54, 1.807) is 0 Å². The number of hydrogen-bond donors (Lipinski definition) is 2. The Balaban J connectivity index is 2.60. The zero-order valence-corrected chi connectivity index (χ0v) is 9.20. The standard InChI is InChI=1S/C10H4ClF2NO4/c11-4-1-3(7(12)8(13)9(4)15)6-2-5(10(16)17)14-18-6/h1-2,15H,(H,16,17). The highest BCUT2D eigenvalue weighted by Crippen LogP contribution is 2.35. The molecule has 0 saturated carbocycles. The van der Waals surface area contributed by atoms with E-state index < -0.39 is 39.6 Å². The summed E-state index contributed by atoms with van der Waals surface area (Å²) in [5.41, 5.74) is -0.899. The molecule has 0 atom stereocenters. The molecule has 0 saturated heterocycles. The number of aromatic carboxylic acids is 1. The van der Waals surface area contributed by atoms with E-state index in [-0.39, 0.29) is 5.76 Å². The molecule has 1 heterocycles. The summed E-state index contributed by atoms with van der Waals surface area (Å²) in [6.07, 6.45) is 0. The van der Waals surface area contributed by atoms with Crippen LogP contribution >= 0.6 is 11.6 Å². The van der Waals surface area contributed by atoms with Crippen molar-refractivity contribution in [2.24, 2.45) is 0 Å². The van der Waals surface area contributed by atoms with Crippen molar-refractivity contribution < 1.29 is 28.3 Å². The van der Waals surface area contributed by atoms with Gasteiger partial charge < -0.3 is 14.7 Å². The zero-order valence-electron chi connectivity index (χ0n) is 8.45. The summed E-state index contributed by atoms with van der Waals surface area (Å²) in [7, 11) is 0. The fourth-order valence-corrected chi connectivity index (χ4v) is 1.46. The van der Waals surface area contributed by atoms with Crippen molar-refractivity contribution >= 4 is 17.6 Å². The van der Waals surface area contributed by atoms with E-state index in [0.29, 0.717) is 0 Å². The molecule has 0 aliphatic carbocycles. The van der Waals surface area contributed by atoms with Gasteiger partial charge in [-0.3, -0.25) is 0 Å². The van der Waals surface area contributed by atoms with E-state index in [1.807, 2.05) is 0 Å². The van der Waals surface area contributed by atoms with Crippen molar-refractivity contribution in [3.05, 3.63) is 34.5 Å². The van der Waals surface area contributed by atoms with Gasteiger partial charge in [0.2, 0.25) is 5.82 Å². The average Bonchev–Trinajstić information content (AvgIpc) is 2.80. The number of phenolic OH excluding ortho intramolecular Hbond substituents is 1. The van der Waals surface area contributed by atoms with Gasteiger partial charge in [0.05, 0.1) is 10.6 Å². The molecule has 1 aromatic heterocycles. The highest BCUT2D eigenvalue weighted by atomic mass is 35.5. The third kappa shape index (κ3) is 1.88.